The van der Waals surface area contributed by atoms with Gasteiger partial charge in [0.05, 0.1) is 48.1 Å². The van der Waals surface area contributed by atoms with E-state index in [0.717, 1.165) is 16.2 Å². The van der Waals surface area contributed by atoms with Crippen molar-refractivity contribution in [2.75, 3.05) is 14.2 Å². The highest BCUT2D eigenvalue weighted by Gasteiger charge is 2.34. The van der Waals surface area contributed by atoms with E-state index in [2.05, 4.69) is 4.98 Å². The van der Waals surface area contributed by atoms with Crippen LogP contribution in [0.1, 0.15) is 22.9 Å². The van der Waals surface area contributed by atoms with Gasteiger partial charge in [-0.2, -0.15) is 5.10 Å². The first-order valence-corrected chi connectivity index (χ1v) is 11.6. The Morgan fingerprint density at radius 3 is 2.68 bits per heavy atom. The Bertz CT molecular complexity index is 1450. The van der Waals surface area contributed by atoms with Crippen molar-refractivity contribution in [2.24, 2.45) is 5.10 Å². The number of fused-ring (bicyclic) bond motifs is 1. The summed E-state index contributed by atoms with van der Waals surface area (Å²) in [6.07, 6.45) is 1.79. The third kappa shape index (κ3) is 3.94. The fourth-order valence-corrected chi connectivity index (χ4v) is 4.86. The average molecular weight is 475 g/mol. The molecule has 0 aliphatic carbocycles. The molecule has 3 heterocycles. The topological polar surface area (TPSA) is 86.0 Å². The molecule has 34 heavy (non-hydrogen) atoms. The summed E-state index contributed by atoms with van der Waals surface area (Å²) in [5.41, 5.74) is 2.61. The number of rotatable bonds is 6. The molecule has 0 radical (unpaired) electrons. The summed E-state index contributed by atoms with van der Waals surface area (Å²) in [6.45, 7) is -0.146. The number of methoxy groups -OCH3 is 2. The molecule has 2 aromatic carbocycles. The maximum atomic E-state index is 13.6. The first-order chi connectivity index (χ1) is 16.6. The lowest BCUT2D eigenvalue weighted by Gasteiger charge is -2.23. The van der Waals surface area contributed by atoms with E-state index in [4.69, 9.17) is 14.6 Å². The van der Waals surface area contributed by atoms with Crippen LogP contribution in [0.4, 0.5) is 0 Å². The van der Waals surface area contributed by atoms with Gasteiger partial charge in [-0.3, -0.25) is 14.2 Å². The van der Waals surface area contributed by atoms with Gasteiger partial charge in [0.25, 0.3) is 11.5 Å². The molecule has 0 fully saturated rings. The molecular formula is C25H22N4O4S. The fourth-order valence-electron chi connectivity index (χ4n) is 4.14. The molecule has 4 aromatic rings. The van der Waals surface area contributed by atoms with Crippen LogP contribution in [0.25, 0.3) is 11.0 Å². The van der Waals surface area contributed by atoms with Gasteiger partial charge in [-0.05, 0) is 41.3 Å². The van der Waals surface area contributed by atoms with E-state index in [1.807, 2.05) is 53.9 Å². The molecule has 0 spiro atoms. The minimum Gasteiger partial charge on any atom is -0.493 e. The maximum absolute atomic E-state index is 13.6. The highest BCUT2D eigenvalue weighted by molar-refractivity contribution is 7.12. The van der Waals surface area contributed by atoms with Gasteiger partial charge in [-0.25, -0.2) is 9.99 Å². The first-order valence-electron chi connectivity index (χ1n) is 10.7. The number of amides is 1. The number of ether oxygens (including phenoxy) is 2. The summed E-state index contributed by atoms with van der Waals surface area (Å²) in [6, 6.07) is 16.5. The number of hydrogen-bond acceptors (Lipinski definition) is 7. The number of hydrogen-bond donors (Lipinski definition) is 0. The van der Waals surface area contributed by atoms with Gasteiger partial charge < -0.3 is 9.47 Å². The smallest absolute Gasteiger partial charge is 0.269 e. The molecule has 1 amide bonds. The summed E-state index contributed by atoms with van der Waals surface area (Å²) >= 11 is 1.58. The molecule has 8 nitrogen and oxygen atoms in total. The lowest BCUT2D eigenvalue weighted by Crippen LogP contribution is -2.34. The molecule has 2 aromatic heterocycles. The van der Waals surface area contributed by atoms with Crippen LogP contribution in [0.2, 0.25) is 0 Å². The van der Waals surface area contributed by atoms with Crippen LogP contribution in [0.3, 0.4) is 0 Å². The Kier molecular flexibility index (Phi) is 5.85. The zero-order valence-corrected chi connectivity index (χ0v) is 19.5. The predicted molar refractivity (Wildman–Crippen MR) is 131 cm³/mol. The molecule has 9 heteroatoms. The Morgan fingerprint density at radius 1 is 1.09 bits per heavy atom. The van der Waals surface area contributed by atoms with E-state index >= 15 is 0 Å². The van der Waals surface area contributed by atoms with E-state index in [1.54, 1.807) is 31.6 Å². The summed E-state index contributed by atoms with van der Waals surface area (Å²) in [4.78, 5) is 31.4. The number of nitrogens with zero attached hydrogens (tertiary/aromatic N) is 4. The lowest BCUT2D eigenvalue weighted by atomic mass is 10.0. The van der Waals surface area contributed by atoms with Crippen LogP contribution >= 0.6 is 11.3 Å². The van der Waals surface area contributed by atoms with Gasteiger partial charge in [0.2, 0.25) is 0 Å². The van der Waals surface area contributed by atoms with Gasteiger partial charge in [-0.1, -0.05) is 24.3 Å². The normalized spacial score (nSPS) is 15.4. The maximum Gasteiger partial charge on any atom is 0.269 e. The summed E-state index contributed by atoms with van der Waals surface area (Å²) < 4.78 is 12.3. The lowest BCUT2D eigenvalue weighted by molar-refractivity contribution is -0.133. The number of thiophene rings is 1. The SMILES string of the molecule is COc1ccc([C@H]2CC(c3cccs3)=NN2C(=O)Cn2c(=O)cnc3ccccc32)cc1OC. The van der Waals surface area contributed by atoms with Gasteiger partial charge in [0.1, 0.15) is 6.54 Å². The van der Waals surface area contributed by atoms with Crippen molar-refractivity contribution in [1.29, 1.82) is 0 Å². The van der Waals surface area contributed by atoms with E-state index in [1.165, 1.54) is 15.8 Å². The average Bonchev–Trinajstić information content (AvgIpc) is 3.56. The molecule has 0 saturated carbocycles. The Balaban J connectivity index is 1.53. The number of para-hydroxylation sites is 2. The summed E-state index contributed by atoms with van der Waals surface area (Å²) in [5, 5.41) is 8.17. The molecule has 0 unspecified atom stereocenters. The van der Waals surface area contributed by atoms with Gasteiger partial charge in [0.15, 0.2) is 11.5 Å². The molecule has 1 atom stereocenters. The van der Waals surface area contributed by atoms with Gasteiger partial charge >= 0.3 is 0 Å². The molecule has 172 valence electrons. The second kappa shape index (κ2) is 9.11. The van der Waals surface area contributed by atoms with Crippen molar-refractivity contribution in [3.63, 3.8) is 0 Å². The number of hydrazone groups is 1. The van der Waals surface area contributed by atoms with Crippen LogP contribution in [0, 0.1) is 0 Å². The molecule has 1 aliphatic heterocycles. The second-order valence-corrected chi connectivity index (χ2v) is 8.72. The zero-order valence-electron chi connectivity index (χ0n) is 18.7. The number of benzene rings is 2. The van der Waals surface area contributed by atoms with Gasteiger partial charge in [0, 0.05) is 6.42 Å². The van der Waals surface area contributed by atoms with Crippen molar-refractivity contribution in [3.05, 3.63) is 87.0 Å². The third-order valence-corrected chi connectivity index (χ3v) is 6.73. The van der Waals surface area contributed by atoms with E-state index in [9.17, 15) is 9.59 Å². The fraction of sp³-hybridized carbons (Fsp3) is 0.200. The van der Waals surface area contributed by atoms with Crippen molar-refractivity contribution in [2.45, 2.75) is 19.0 Å². The van der Waals surface area contributed by atoms with Crippen LogP contribution in [-0.2, 0) is 11.3 Å². The van der Waals surface area contributed by atoms with Crippen LogP contribution in [-0.4, -0.2) is 40.4 Å². The molecule has 0 saturated heterocycles. The second-order valence-electron chi connectivity index (χ2n) is 7.77. The summed E-state index contributed by atoms with van der Waals surface area (Å²) in [7, 11) is 3.16. The highest BCUT2D eigenvalue weighted by Crippen LogP contribution is 2.38. The summed E-state index contributed by atoms with van der Waals surface area (Å²) in [5.74, 6) is 0.898. The minimum absolute atomic E-state index is 0.146. The number of carbonyl (C=O) groups excluding carboxylic acids is 1. The zero-order chi connectivity index (χ0) is 23.7. The number of carbonyl (C=O) groups is 1. The molecular weight excluding hydrogens is 452 g/mol. The standard InChI is InChI=1S/C25H22N4O4S/c1-32-21-10-9-16(12-22(21)33-2)20-13-18(23-8-5-11-34-23)27-29(20)25(31)15-28-19-7-4-3-6-17(19)26-14-24(28)30/h3-12,14,20H,13,15H2,1-2H3/t20-/m1/s1. The molecule has 5 rings (SSSR count). The minimum atomic E-state index is -0.340. The largest absolute Gasteiger partial charge is 0.493 e. The van der Waals surface area contributed by atoms with Crippen molar-refractivity contribution in [3.8, 4) is 11.5 Å². The van der Waals surface area contributed by atoms with Gasteiger partial charge in [-0.15, -0.1) is 11.3 Å². The Labute approximate surface area is 199 Å². The molecule has 0 N–H and O–H groups in total. The Morgan fingerprint density at radius 2 is 1.91 bits per heavy atom. The highest BCUT2D eigenvalue weighted by atomic mass is 32.1. The van der Waals surface area contributed by atoms with E-state index < -0.39 is 0 Å². The molecule has 0 bridgehead atoms. The van der Waals surface area contributed by atoms with E-state index in [-0.39, 0.29) is 24.1 Å². The van der Waals surface area contributed by atoms with Crippen molar-refractivity contribution in [1.82, 2.24) is 14.6 Å². The molecule has 1 aliphatic rings. The first kappa shape index (κ1) is 21.8. The van der Waals surface area contributed by atoms with Crippen molar-refractivity contribution < 1.29 is 14.3 Å². The van der Waals surface area contributed by atoms with Crippen molar-refractivity contribution >= 4 is 34.0 Å². The predicted octanol–water partition coefficient (Wildman–Crippen LogP) is 3.85. The van der Waals surface area contributed by atoms with E-state index in [0.29, 0.717) is 29.0 Å². The van der Waals surface area contributed by atoms with Crippen LogP contribution in [0.5, 0.6) is 11.5 Å². The Hall–Kier alpha value is -3.98. The van der Waals surface area contributed by atoms with Crippen LogP contribution in [0.15, 0.2) is 76.1 Å². The monoisotopic (exact) mass is 474 g/mol. The van der Waals surface area contributed by atoms with Crippen LogP contribution < -0.4 is 15.0 Å². The number of aromatic nitrogens is 2. The quantitative estimate of drug-likeness (QED) is 0.424. The third-order valence-electron chi connectivity index (χ3n) is 5.81.